The molecule has 1 heterocycles. The molecule has 0 unspecified atom stereocenters. The molecule has 5 nitrogen and oxygen atoms in total. The number of aromatic nitrogens is 2. The zero-order valence-electron chi connectivity index (χ0n) is 8.58. The molecule has 1 rings (SSSR count). The molecule has 0 N–H and O–H groups in total. The van der Waals surface area contributed by atoms with Crippen LogP contribution in [0.3, 0.4) is 0 Å². The summed E-state index contributed by atoms with van der Waals surface area (Å²) in [4.78, 5) is 6.73. The highest BCUT2D eigenvalue weighted by Crippen LogP contribution is 2.29. The number of methoxy groups -OCH3 is 1. The molecule has 0 atom stereocenters. The summed E-state index contributed by atoms with van der Waals surface area (Å²) in [5.74, 6) is 0. The van der Waals surface area contributed by atoms with Gasteiger partial charge in [0.25, 0.3) is 0 Å². The van der Waals surface area contributed by atoms with Gasteiger partial charge in [-0.2, -0.15) is 0 Å². The van der Waals surface area contributed by atoms with Crippen LogP contribution in [-0.2, 0) is 9.47 Å². The summed E-state index contributed by atoms with van der Waals surface area (Å²) >= 11 is 9.94. The van der Waals surface area contributed by atoms with Crippen LogP contribution in [0.15, 0.2) is 13.7 Å². The minimum absolute atomic E-state index is 0.420. The normalized spacial score (nSPS) is 10.8. The van der Waals surface area contributed by atoms with E-state index in [0.29, 0.717) is 31.0 Å². The van der Waals surface area contributed by atoms with Crippen LogP contribution in [0.25, 0.3) is 0 Å². The molecule has 1 aromatic heterocycles. The SMILES string of the molecule is COCCOCCOn1nc(Br)c(Br)c1Br. The number of rotatable bonds is 7. The highest BCUT2D eigenvalue weighted by Gasteiger charge is 2.11. The maximum Gasteiger partial charge on any atom is 0.161 e. The van der Waals surface area contributed by atoms with E-state index in [0.717, 1.165) is 9.08 Å². The van der Waals surface area contributed by atoms with Crippen molar-refractivity contribution >= 4 is 47.8 Å². The van der Waals surface area contributed by atoms with Gasteiger partial charge >= 0.3 is 0 Å². The molecule has 0 saturated heterocycles. The van der Waals surface area contributed by atoms with Crippen molar-refractivity contribution in [2.45, 2.75) is 0 Å². The van der Waals surface area contributed by atoms with Crippen LogP contribution in [0.2, 0.25) is 0 Å². The Balaban J connectivity index is 2.24. The van der Waals surface area contributed by atoms with E-state index < -0.39 is 0 Å². The summed E-state index contributed by atoms with van der Waals surface area (Å²) in [7, 11) is 1.63. The third-order valence-corrected chi connectivity index (χ3v) is 4.65. The minimum atomic E-state index is 0.420. The van der Waals surface area contributed by atoms with Gasteiger partial charge in [0, 0.05) is 7.11 Å². The van der Waals surface area contributed by atoms with E-state index in [1.54, 1.807) is 7.11 Å². The van der Waals surface area contributed by atoms with Crippen molar-refractivity contribution < 1.29 is 14.3 Å². The van der Waals surface area contributed by atoms with Crippen LogP contribution in [0.5, 0.6) is 0 Å². The lowest BCUT2D eigenvalue weighted by atomic mass is 10.7. The molecule has 0 saturated carbocycles. The second-order valence-corrected chi connectivity index (χ2v) is 5.00. The number of hydrogen-bond donors (Lipinski definition) is 0. The summed E-state index contributed by atoms with van der Waals surface area (Å²) in [6.45, 7) is 2.06. The number of halogens is 3. The highest BCUT2D eigenvalue weighted by molar-refractivity contribution is 9.14. The van der Waals surface area contributed by atoms with E-state index in [1.807, 2.05) is 0 Å². The lowest BCUT2D eigenvalue weighted by Gasteiger charge is -2.06. The Bertz CT molecular complexity index is 333. The summed E-state index contributed by atoms with van der Waals surface area (Å²) in [5, 5.41) is 4.08. The molecular formula is C8H11Br3N2O3. The molecule has 0 fully saturated rings. The Kier molecular flexibility index (Phi) is 6.90. The van der Waals surface area contributed by atoms with E-state index in [2.05, 4.69) is 52.9 Å². The first-order valence-electron chi connectivity index (χ1n) is 4.46. The van der Waals surface area contributed by atoms with Gasteiger partial charge < -0.3 is 14.3 Å². The third kappa shape index (κ3) is 4.33. The smallest absolute Gasteiger partial charge is 0.161 e. The number of nitrogens with zero attached hydrogens (tertiary/aromatic N) is 2. The number of ether oxygens (including phenoxy) is 2. The minimum Gasteiger partial charge on any atom is -0.393 e. The average Bonchev–Trinajstić information content (AvgIpc) is 2.51. The second kappa shape index (κ2) is 7.65. The van der Waals surface area contributed by atoms with Gasteiger partial charge in [0.1, 0.15) is 11.2 Å². The standard InChI is InChI=1S/C8H11Br3N2O3/c1-14-2-3-15-4-5-16-13-8(11)6(9)7(10)12-13/h2-5H2,1H3. The summed E-state index contributed by atoms with van der Waals surface area (Å²) in [6, 6.07) is 0. The summed E-state index contributed by atoms with van der Waals surface area (Å²) in [6.07, 6.45) is 0. The molecule has 0 aliphatic heterocycles. The van der Waals surface area contributed by atoms with Gasteiger partial charge in [0.15, 0.2) is 4.60 Å². The molecule has 0 bridgehead atoms. The Labute approximate surface area is 119 Å². The fourth-order valence-corrected chi connectivity index (χ4v) is 2.05. The molecule has 0 radical (unpaired) electrons. The van der Waals surface area contributed by atoms with Gasteiger partial charge in [-0.25, -0.2) is 0 Å². The van der Waals surface area contributed by atoms with E-state index in [4.69, 9.17) is 14.3 Å². The Morgan fingerprint density at radius 2 is 1.81 bits per heavy atom. The Hall–Kier alpha value is 0.370. The van der Waals surface area contributed by atoms with Crippen molar-refractivity contribution in [2.75, 3.05) is 33.5 Å². The van der Waals surface area contributed by atoms with Gasteiger partial charge in [-0.15, -0.1) is 5.10 Å². The molecule has 0 spiro atoms. The van der Waals surface area contributed by atoms with Crippen LogP contribution >= 0.6 is 47.8 Å². The fraction of sp³-hybridized carbons (Fsp3) is 0.625. The quantitative estimate of drug-likeness (QED) is 0.632. The first-order chi connectivity index (χ1) is 7.66. The second-order valence-electron chi connectivity index (χ2n) is 2.71. The van der Waals surface area contributed by atoms with E-state index in [1.165, 1.54) is 4.85 Å². The maximum atomic E-state index is 5.35. The summed E-state index contributed by atoms with van der Waals surface area (Å²) in [5.41, 5.74) is 0. The molecule has 0 aliphatic rings. The van der Waals surface area contributed by atoms with Crippen molar-refractivity contribution in [3.8, 4) is 0 Å². The fourth-order valence-electron chi connectivity index (χ4n) is 0.849. The predicted molar refractivity (Wildman–Crippen MR) is 69.5 cm³/mol. The van der Waals surface area contributed by atoms with Crippen molar-refractivity contribution in [1.29, 1.82) is 0 Å². The first kappa shape index (κ1) is 14.4. The van der Waals surface area contributed by atoms with Gasteiger partial charge in [-0.05, 0) is 47.8 Å². The van der Waals surface area contributed by atoms with Gasteiger partial charge in [0.05, 0.1) is 24.3 Å². The molecular weight excluding hydrogens is 412 g/mol. The van der Waals surface area contributed by atoms with E-state index in [-0.39, 0.29) is 0 Å². The zero-order chi connectivity index (χ0) is 12.0. The molecule has 16 heavy (non-hydrogen) atoms. The zero-order valence-corrected chi connectivity index (χ0v) is 13.3. The van der Waals surface area contributed by atoms with Crippen LogP contribution in [0.4, 0.5) is 0 Å². The van der Waals surface area contributed by atoms with Crippen molar-refractivity contribution in [1.82, 2.24) is 9.94 Å². The van der Waals surface area contributed by atoms with Crippen LogP contribution < -0.4 is 4.84 Å². The molecule has 1 aromatic rings. The lowest BCUT2D eigenvalue weighted by molar-refractivity contribution is 0.00662. The average molecular weight is 423 g/mol. The van der Waals surface area contributed by atoms with Crippen LogP contribution in [0.1, 0.15) is 0 Å². The van der Waals surface area contributed by atoms with Gasteiger partial charge in [-0.3, -0.25) is 0 Å². The molecule has 92 valence electrons. The van der Waals surface area contributed by atoms with E-state index in [9.17, 15) is 0 Å². The van der Waals surface area contributed by atoms with Crippen molar-refractivity contribution in [3.63, 3.8) is 0 Å². The number of hydrogen-bond acceptors (Lipinski definition) is 4. The van der Waals surface area contributed by atoms with Crippen LogP contribution in [-0.4, -0.2) is 43.5 Å². The maximum absolute atomic E-state index is 5.35. The molecule has 0 aliphatic carbocycles. The summed E-state index contributed by atoms with van der Waals surface area (Å²) < 4.78 is 12.3. The third-order valence-electron chi connectivity index (χ3n) is 1.58. The van der Waals surface area contributed by atoms with Crippen molar-refractivity contribution in [2.24, 2.45) is 0 Å². The predicted octanol–water partition coefficient (Wildman–Crippen LogP) is 2.26. The van der Waals surface area contributed by atoms with Crippen LogP contribution in [0, 0.1) is 0 Å². The van der Waals surface area contributed by atoms with Gasteiger partial charge in [0.2, 0.25) is 0 Å². The largest absolute Gasteiger partial charge is 0.393 e. The van der Waals surface area contributed by atoms with E-state index >= 15 is 0 Å². The van der Waals surface area contributed by atoms with Gasteiger partial charge in [-0.1, -0.05) is 4.85 Å². The Morgan fingerprint density at radius 3 is 2.38 bits per heavy atom. The highest BCUT2D eigenvalue weighted by atomic mass is 79.9. The topological polar surface area (TPSA) is 45.5 Å². The molecule has 8 heteroatoms. The Morgan fingerprint density at radius 1 is 1.12 bits per heavy atom. The molecule has 0 aromatic carbocycles. The lowest BCUT2D eigenvalue weighted by Crippen LogP contribution is -2.19. The monoisotopic (exact) mass is 420 g/mol. The first-order valence-corrected chi connectivity index (χ1v) is 6.84. The molecule has 0 amide bonds. The van der Waals surface area contributed by atoms with Crippen molar-refractivity contribution in [3.05, 3.63) is 13.7 Å².